The zero-order valence-corrected chi connectivity index (χ0v) is 17.0. The van der Waals surface area contributed by atoms with Gasteiger partial charge in [-0.3, -0.25) is 0 Å². The Morgan fingerprint density at radius 2 is 1.83 bits per heavy atom. The number of nitrogens with zero attached hydrogens (tertiary/aromatic N) is 1. The van der Waals surface area contributed by atoms with Crippen molar-refractivity contribution in [3.05, 3.63) is 90.0 Å². The lowest BCUT2D eigenvalue weighted by atomic mass is 10.1. The van der Waals surface area contributed by atoms with Gasteiger partial charge in [-0.1, -0.05) is 24.4 Å². The van der Waals surface area contributed by atoms with Gasteiger partial charge in [0.1, 0.15) is 11.6 Å². The Bertz CT molecular complexity index is 1050. The van der Waals surface area contributed by atoms with E-state index in [1.165, 1.54) is 24.3 Å². The van der Waals surface area contributed by atoms with Crippen LogP contribution in [0.15, 0.2) is 73.1 Å². The summed E-state index contributed by atoms with van der Waals surface area (Å²) in [6.07, 6.45) is 3.65. The van der Waals surface area contributed by atoms with E-state index in [0.717, 1.165) is 5.56 Å². The molecule has 0 amide bonds. The summed E-state index contributed by atoms with van der Waals surface area (Å²) in [5.41, 5.74) is 2.52. The van der Waals surface area contributed by atoms with Crippen LogP contribution >= 0.6 is 12.2 Å². The Morgan fingerprint density at radius 3 is 2.52 bits per heavy atom. The molecule has 3 rings (SSSR count). The number of aromatic nitrogens is 1. The second-order valence-electron chi connectivity index (χ2n) is 6.38. The van der Waals surface area contributed by atoms with Gasteiger partial charge in [-0.2, -0.15) is 4.57 Å². The SMILES string of the molecule is CCOc1ccccc1NC(=S)C(=C(O)c1ccc(F)cc1)[n+]1cccc(C)c1. The van der Waals surface area contributed by atoms with Crippen LogP contribution in [0.25, 0.3) is 11.5 Å². The van der Waals surface area contributed by atoms with Crippen molar-refractivity contribution in [2.75, 3.05) is 11.9 Å². The van der Waals surface area contributed by atoms with Crippen LogP contribution in [0.1, 0.15) is 18.1 Å². The minimum Gasteiger partial charge on any atom is -0.502 e. The maximum Gasteiger partial charge on any atom is 0.288 e. The molecule has 0 radical (unpaired) electrons. The Labute approximate surface area is 174 Å². The molecule has 0 bridgehead atoms. The first-order valence-corrected chi connectivity index (χ1v) is 9.61. The Balaban J connectivity index is 2.07. The smallest absolute Gasteiger partial charge is 0.288 e. The van der Waals surface area contributed by atoms with Crippen molar-refractivity contribution < 1.29 is 18.8 Å². The summed E-state index contributed by atoms with van der Waals surface area (Å²) in [6.45, 7) is 4.37. The van der Waals surface area contributed by atoms with Crippen LogP contribution in [0, 0.1) is 12.7 Å². The first-order chi connectivity index (χ1) is 14.0. The summed E-state index contributed by atoms with van der Waals surface area (Å²) in [6, 6.07) is 16.9. The van der Waals surface area contributed by atoms with Crippen molar-refractivity contribution in [3.63, 3.8) is 0 Å². The van der Waals surface area contributed by atoms with Gasteiger partial charge in [-0.05, 0) is 56.3 Å². The fraction of sp³-hybridized carbons (Fsp3) is 0.130. The van der Waals surface area contributed by atoms with E-state index < -0.39 is 0 Å². The van der Waals surface area contributed by atoms with Crippen LogP contribution < -0.4 is 14.6 Å². The monoisotopic (exact) mass is 409 g/mol. The third kappa shape index (κ3) is 4.97. The van der Waals surface area contributed by atoms with Crippen molar-refractivity contribution in [3.8, 4) is 5.75 Å². The highest BCUT2D eigenvalue weighted by atomic mass is 32.1. The van der Waals surface area contributed by atoms with Gasteiger partial charge in [0.2, 0.25) is 0 Å². The van der Waals surface area contributed by atoms with E-state index in [4.69, 9.17) is 17.0 Å². The molecule has 1 heterocycles. The number of pyridine rings is 1. The first-order valence-electron chi connectivity index (χ1n) is 9.20. The quantitative estimate of drug-likeness (QED) is 0.256. The summed E-state index contributed by atoms with van der Waals surface area (Å²) in [4.78, 5) is 0.301. The maximum absolute atomic E-state index is 13.3. The van der Waals surface area contributed by atoms with Crippen LogP contribution in [0.4, 0.5) is 10.1 Å². The molecule has 2 N–H and O–H groups in total. The summed E-state index contributed by atoms with van der Waals surface area (Å²) in [5.74, 6) is 0.219. The molecule has 2 aromatic carbocycles. The third-order valence-corrected chi connectivity index (χ3v) is 4.49. The molecule has 3 aromatic rings. The molecule has 0 saturated heterocycles. The lowest BCUT2D eigenvalue weighted by Crippen LogP contribution is -2.38. The molecule has 0 aliphatic heterocycles. The lowest BCUT2D eigenvalue weighted by molar-refractivity contribution is -0.576. The van der Waals surface area contributed by atoms with Crippen molar-refractivity contribution in [2.24, 2.45) is 0 Å². The van der Waals surface area contributed by atoms with E-state index in [-0.39, 0.29) is 11.6 Å². The number of nitrogens with one attached hydrogen (secondary N) is 1. The number of halogens is 1. The van der Waals surface area contributed by atoms with E-state index in [0.29, 0.717) is 34.3 Å². The predicted octanol–water partition coefficient (Wildman–Crippen LogP) is 5.14. The number of para-hydroxylation sites is 2. The molecular formula is C23H22FN2O2S+. The van der Waals surface area contributed by atoms with E-state index in [2.05, 4.69) is 5.32 Å². The van der Waals surface area contributed by atoms with Crippen LogP contribution in [0.3, 0.4) is 0 Å². The van der Waals surface area contributed by atoms with Gasteiger partial charge >= 0.3 is 0 Å². The highest BCUT2D eigenvalue weighted by molar-refractivity contribution is 7.81. The first kappa shape index (κ1) is 20.5. The fourth-order valence-electron chi connectivity index (χ4n) is 2.86. The number of benzene rings is 2. The van der Waals surface area contributed by atoms with Gasteiger partial charge in [-0.15, -0.1) is 0 Å². The van der Waals surface area contributed by atoms with Crippen LogP contribution in [0.2, 0.25) is 0 Å². The van der Waals surface area contributed by atoms with E-state index in [9.17, 15) is 9.50 Å². The minimum absolute atomic E-state index is 0.0630. The number of rotatable bonds is 6. The largest absolute Gasteiger partial charge is 0.502 e. The van der Waals surface area contributed by atoms with Gasteiger partial charge in [0.25, 0.3) is 5.70 Å². The highest BCUT2D eigenvalue weighted by Gasteiger charge is 2.24. The summed E-state index contributed by atoms with van der Waals surface area (Å²) < 4.78 is 20.7. The van der Waals surface area contributed by atoms with Crippen LogP contribution in [-0.2, 0) is 0 Å². The molecule has 6 heteroatoms. The Kier molecular flexibility index (Phi) is 6.57. The lowest BCUT2D eigenvalue weighted by Gasteiger charge is -2.13. The molecule has 148 valence electrons. The van der Waals surface area contributed by atoms with Gasteiger partial charge in [0.15, 0.2) is 23.1 Å². The normalized spacial score (nSPS) is 11.6. The summed E-state index contributed by atoms with van der Waals surface area (Å²) in [5, 5.41) is 14.2. The van der Waals surface area contributed by atoms with E-state index >= 15 is 0 Å². The molecule has 0 atom stereocenters. The van der Waals surface area contributed by atoms with Crippen molar-refractivity contribution in [1.29, 1.82) is 0 Å². The molecular weight excluding hydrogens is 387 g/mol. The molecule has 0 aliphatic carbocycles. The number of hydrogen-bond acceptors (Lipinski definition) is 3. The van der Waals surface area contributed by atoms with Crippen LogP contribution in [0.5, 0.6) is 5.75 Å². The Morgan fingerprint density at radius 1 is 1.10 bits per heavy atom. The number of thiocarbonyl (C=S) groups is 1. The molecule has 0 fully saturated rings. The van der Waals surface area contributed by atoms with Crippen molar-refractivity contribution in [1.82, 2.24) is 0 Å². The second kappa shape index (κ2) is 9.30. The average molecular weight is 410 g/mol. The minimum atomic E-state index is -0.377. The van der Waals surface area contributed by atoms with Gasteiger partial charge in [0.05, 0.1) is 12.3 Å². The van der Waals surface area contributed by atoms with Crippen LogP contribution in [-0.4, -0.2) is 16.7 Å². The number of aryl methyl sites for hydroxylation is 1. The van der Waals surface area contributed by atoms with Crippen molar-refractivity contribution in [2.45, 2.75) is 13.8 Å². The molecule has 0 unspecified atom stereocenters. The fourth-order valence-corrected chi connectivity index (χ4v) is 3.17. The molecule has 4 nitrogen and oxygen atoms in total. The standard InChI is InChI=1S/C23H21FN2O2S/c1-3-28-20-9-5-4-8-19(20)25-23(29)21(26-14-6-7-16(2)15-26)22(27)17-10-12-18(24)13-11-17/h4-15H,3H2,1-2H3,(H-,25,27,29)/p+1. The molecule has 1 aromatic heterocycles. The number of hydrogen-bond donors (Lipinski definition) is 2. The molecule has 0 spiro atoms. The van der Waals surface area contributed by atoms with E-state index in [1.54, 1.807) is 10.8 Å². The molecule has 0 saturated carbocycles. The summed E-state index contributed by atoms with van der Waals surface area (Å²) >= 11 is 5.65. The third-order valence-electron chi connectivity index (χ3n) is 4.20. The molecule has 29 heavy (non-hydrogen) atoms. The number of ether oxygens (including phenoxy) is 1. The predicted molar refractivity (Wildman–Crippen MR) is 117 cm³/mol. The van der Waals surface area contributed by atoms with E-state index in [1.807, 2.05) is 56.4 Å². The maximum atomic E-state index is 13.3. The Hall–Kier alpha value is -3.25. The number of aliphatic hydroxyl groups is 1. The van der Waals surface area contributed by atoms with Gasteiger partial charge in [-0.25, -0.2) is 4.39 Å². The van der Waals surface area contributed by atoms with Gasteiger partial charge in [0, 0.05) is 17.2 Å². The molecule has 0 aliphatic rings. The second-order valence-corrected chi connectivity index (χ2v) is 6.78. The zero-order valence-electron chi connectivity index (χ0n) is 16.2. The highest BCUT2D eigenvalue weighted by Crippen LogP contribution is 2.26. The number of anilines is 1. The topological polar surface area (TPSA) is 45.4 Å². The number of aliphatic hydroxyl groups excluding tert-OH is 1. The van der Waals surface area contributed by atoms with Gasteiger partial charge < -0.3 is 15.2 Å². The van der Waals surface area contributed by atoms with Crippen molar-refractivity contribution >= 4 is 34.3 Å². The average Bonchev–Trinajstić information content (AvgIpc) is 2.70. The zero-order chi connectivity index (χ0) is 20.8. The summed E-state index contributed by atoms with van der Waals surface area (Å²) in [7, 11) is 0.